The number of carbonyl (C=O) groups excluding carboxylic acids is 1. The third kappa shape index (κ3) is 3.95. The molecule has 10 heteroatoms. The Morgan fingerprint density at radius 2 is 1.72 bits per heavy atom. The Morgan fingerprint density at radius 1 is 1.00 bits per heavy atom. The van der Waals surface area contributed by atoms with Crippen molar-refractivity contribution in [2.75, 3.05) is 13.7 Å². The summed E-state index contributed by atoms with van der Waals surface area (Å²) in [6.07, 6.45) is 2.64. The van der Waals surface area contributed by atoms with Crippen LogP contribution in [-0.2, 0) is 11.3 Å². The van der Waals surface area contributed by atoms with Crippen molar-refractivity contribution in [3.63, 3.8) is 0 Å². The minimum atomic E-state index is -0.631. The van der Waals surface area contributed by atoms with E-state index in [9.17, 15) is 9.59 Å². The van der Waals surface area contributed by atoms with E-state index in [1.54, 1.807) is 19.2 Å². The summed E-state index contributed by atoms with van der Waals surface area (Å²) in [5.74, 6) is 0.0161. The average molecular weight is 487 g/mol. The van der Waals surface area contributed by atoms with Gasteiger partial charge in [0.25, 0.3) is 0 Å². The zero-order valence-corrected chi connectivity index (χ0v) is 20.5. The maximum atomic E-state index is 13.7. The van der Waals surface area contributed by atoms with Gasteiger partial charge in [-0.25, -0.2) is 19.7 Å². The summed E-state index contributed by atoms with van der Waals surface area (Å²) in [5, 5.41) is 0.789. The summed E-state index contributed by atoms with van der Waals surface area (Å²) < 4.78 is 8.46. The molecule has 36 heavy (non-hydrogen) atoms. The molecule has 0 unspecified atom stereocenters. The number of rotatable bonds is 6. The fraction of sp³-hybridized carbons (Fsp3) is 0.269. The number of fused-ring (bicyclic) bond motifs is 3. The van der Waals surface area contributed by atoms with Gasteiger partial charge in [0.2, 0.25) is 0 Å². The molecule has 0 aliphatic carbocycles. The van der Waals surface area contributed by atoms with Crippen LogP contribution in [0.3, 0.4) is 0 Å². The molecule has 2 aromatic carbocycles. The van der Waals surface area contributed by atoms with Gasteiger partial charge < -0.3 is 19.9 Å². The predicted octanol–water partition coefficient (Wildman–Crippen LogP) is 2.91. The SMILES string of the molecule is COc1ccc2c(c1)c(-c1nc3cc4nc(C)c(C)nc4cc3n(OC(C)=O)c1=O)cn2CCCN. The first-order valence-corrected chi connectivity index (χ1v) is 11.6. The van der Waals surface area contributed by atoms with Crippen LogP contribution in [0.25, 0.3) is 44.2 Å². The molecular weight excluding hydrogens is 460 g/mol. The van der Waals surface area contributed by atoms with Crippen LogP contribution in [-0.4, -0.2) is 43.9 Å². The van der Waals surface area contributed by atoms with E-state index in [2.05, 4.69) is 9.97 Å². The van der Waals surface area contributed by atoms with E-state index in [1.165, 1.54) is 6.92 Å². The van der Waals surface area contributed by atoms with E-state index >= 15 is 0 Å². The highest BCUT2D eigenvalue weighted by atomic mass is 16.7. The first-order valence-electron chi connectivity index (χ1n) is 11.6. The minimum Gasteiger partial charge on any atom is -0.497 e. The van der Waals surface area contributed by atoms with Crippen molar-refractivity contribution in [3.8, 4) is 17.0 Å². The number of hydrogen-bond donors (Lipinski definition) is 1. The molecule has 0 saturated carbocycles. The number of ether oxygens (including phenoxy) is 1. The normalized spacial score (nSPS) is 11.5. The number of carbonyl (C=O) groups is 1. The van der Waals surface area contributed by atoms with Gasteiger partial charge in [-0.1, -0.05) is 0 Å². The van der Waals surface area contributed by atoms with E-state index in [1.807, 2.05) is 42.8 Å². The minimum absolute atomic E-state index is 0.143. The predicted molar refractivity (Wildman–Crippen MR) is 137 cm³/mol. The van der Waals surface area contributed by atoms with Crippen LogP contribution >= 0.6 is 0 Å². The molecule has 2 N–H and O–H groups in total. The van der Waals surface area contributed by atoms with Crippen LogP contribution < -0.4 is 20.9 Å². The highest BCUT2D eigenvalue weighted by Gasteiger charge is 2.21. The maximum Gasteiger partial charge on any atom is 0.330 e. The molecule has 3 aromatic heterocycles. The summed E-state index contributed by atoms with van der Waals surface area (Å²) in [5.41, 5.74) is 10.4. The van der Waals surface area contributed by atoms with Crippen LogP contribution in [0.1, 0.15) is 24.7 Å². The van der Waals surface area contributed by atoms with Gasteiger partial charge in [-0.05, 0) is 57.1 Å². The lowest BCUT2D eigenvalue weighted by Crippen LogP contribution is -2.31. The largest absolute Gasteiger partial charge is 0.497 e. The van der Waals surface area contributed by atoms with Crippen molar-refractivity contribution in [1.82, 2.24) is 24.2 Å². The highest BCUT2D eigenvalue weighted by Crippen LogP contribution is 2.32. The Bertz CT molecular complexity index is 1720. The molecule has 5 aromatic rings. The fourth-order valence-corrected chi connectivity index (χ4v) is 4.32. The Labute approximate surface area is 206 Å². The second-order valence-electron chi connectivity index (χ2n) is 8.63. The number of aryl methyl sites for hydroxylation is 3. The Morgan fingerprint density at radius 3 is 2.39 bits per heavy atom. The number of methoxy groups -OCH3 is 1. The molecular formula is C26H26N6O4. The molecule has 0 saturated heterocycles. The summed E-state index contributed by atoms with van der Waals surface area (Å²) in [4.78, 5) is 45.0. The molecule has 0 aliphatic heterocycles. The lowest BCUT2D eigenvalue weighted by atomic mass is 10.1. The molecule has 0 bridgehead atoms. The van der Waals surface area contributed by atoms with Crippen molar-refractivity contribution in [2.45, 2.75) is 33.7 Å². The van der Waals surface area contributed by atoms with E-state index in [-0.39, 0.29) is 5.69 Å². The fourth-order valence-electron chi connectivity index (χ4n) is 4.32. The van der Waals surface area contributed by atoms with Gasteiger partial charge in [0.15, 0.2) is 0 Å². The summed E-state index contributed by atoms with van der Waals surface area (Å²) in [6.45, 7) is 6.20. The first kappa shape index (κ1) is 23.4. The maximum absolute atomic E-state index is 13.7. The Hall–Kier alpha value is -4.31. The van der Waals surface area contributed by atoms with Gasteiger partial charge in [0.1, 0.15) is 17.0 Å². The quantitative estimate of drug-likeness (QED) is 0.363. The summed E-state index contributed by atoms with van der Waals surface area (Å²) >= 11 is 0. The molecule has 0 spiro atoms. The number of nitrogens with two attached hydrogens (primary N) is 1. The first-order chi connectivity index (χ1) is 17.3. The van der Waals surface area contributed by atoms with Crippen molar-refractivity contribution < 1.29 is 14.4 Å². The zero-order chi connectivity index (χ0) is 25.6. The van der Waals surface area contributed by atoms with Crippen LogP contribution in [0, 0.1) is 13.8 Å². The van der Waals surface area contributed by atoms with Crippen LogP contribution in [0.5, 0.6) is 5.75 Å². The number of benzene rings is 2. The smallest absolute Gasteiger partial charge is 0.330 e. The second-order valence-corrected chi connectivity index (χ2v) is 8.63. The Kier molecular flexibility index (Phi) is 5.89. The van der Waals surface area contributed by atoms with Gasteiger partial charge in [-0.2, -0.15) is 0 Å². The third-order valence-corrected chi connectivity index (χ3v) is 6.18. The standard InChI is InChI=1S/C26H26N6O4/c1-14-15(2)29-21-12-24-22(11-20(21)28-14)30-25(26(34)32(24)36-16(3)33)19-13-31(9-5-8-27)23-7-6-17(35-4)10-18(19)23/h6-7,10-13H,5,8-9,27H2,1-4H3. The topological polar surface area (TPSA) is 127 Å². The molecule has 0 radical (unpaired) electrons. The molecule has 0 fully saturated rings. The van der Waals surface area contributed by atoms with Crippen molar-refractivity contribution in [1.29, 1.82) is 0 Å². The molecule has 0 atom stereocenters. The monoisotopic (exact) mass is 486 g/mol. The van der Waals surface area contributed by atoms with Gasteiger partial charge in [0.05, 0.1) is 35.0 Å². The van der Waals surface area contributed by atoms with Gasteiger partial charge in [-0.3, -0.25) is 4.79 Å². The van der Waals surface area contributed by atoms with Crippen molar-refractivity contribution >= 4 is 38.9 Å². The summed E-state index contributed by atoms with van der Waals surface area (Å²) in [7, 11) is 1.59. The molecule has 5 rings (SSSR count). The van der Waals surface area contributed by atoms with Gasteiger partial charge in [0, 0.05) is 36.1 Å². The van der Waals surface area contributed by atoms with E-state index in [4.69, 9.17) is 20.3 Å². The van der Waals surface area contributed by atoms with Crippen LogP contribution in [0.2, 0.25) is 0 Å². The van der Waals surface area contributed by atoms with Gasteiger partial charge >= 0.3 is 11.5 Å². The lowest BCUT2D eigenvalue weighted by Gasteiger charge is -2.12. The zero-order valence-electron chi connectivity index (χ0n) is 20.5. The molecule has 10 nitrogen and oxygen atoms in total. The molecule has 0 amide bonds. The van der Waals surface area contributed by atoms with Crippen molar-refractivity contribution in [3.05, 3.63) is 58.3 Å². The van der Waals surface area contributed by atoms with E-state index in [0.717, 1.165) is 33.4 Å². The molecule has 0 aliphatic rings. The number of nitrogens with zero attached hydrogens (tertiary/aromatic N) is 5. The summed E-state index contributed by atoms with van der Waals surface area (Å²) in [6, 6.07) is 9.09. The highest BCUT2D eigenvalue weighted by molar-refractivity contribution is 5.98. The van der Waals surface area contributed by atoms with E-state index < -0.39 is 11.5 Å². The lowest BCUT2D eigenvalue weighted by molar-refractivity contribution is -0.141. The third-order valence-electron chi connectivity index (χ3n) is 6.18. The number of hydrogen-bond acceptors (Lipinski definition) is 8. The molecule has 3 heterocycles. The van der Waals surface area contributed by atoms with E-state index in [0.29, 0.717) is 46.5 Å². The van der Waals surface area contributed by atoms with Crippen molar-refractivity contribution in [2.24, 2.45) is 5.73 Å². The number of aromatic nitrogens is 5. The van der Waals surface area contributed by atoms with Crippen LogP contribution in [0.4, 0.5) is 0 Å². The Balaban J connectivity index is 1.85. The van der Waals surface area contributed by atoms with Crippen LogP contribution in [0.15, 0.2) is 41.3 Å². The average Bonchev–Trinajstić information content (AvgIpc) is 3.21. The second kappa shape index (κ2) is 9.04. The van der Waals surface area contributed by atoms with Gasteiger partial charge in [-0.15, -0.1) is 4.73 Å². The molecule has 184 valence electrons.